The summed E-state index contributed by atoms with van der Waals surface area (Å²) in [7, 11) is -2.25. The van der Waals surface area contributed by atoms with Gasteiger partial charge in [-0.25, -0.2) is 8.42 Å². The van der Waals surface area contributed by atoms with E-state index in [-0.39, 0.29) is 17.4 Å². The van der Waals surface area contributed by atoms with Gasteiger partial charge in [-0.1, -0.05) is 6.92 Å². The quantitative estimate of drug-likeness (QED) is 0.774. The minimum Gasteiger partial charge on any atom is -0.497 e. The first-order valence-corrected chi connectivity index (χ1v) is 10.9. The number of benzene rings is 2. The van der Waals surface area contributed by atoms with Crippen LogP contribution in [0.3, 0.4) is 0 Å². The van der Waals surface area contributed by atoms with Crippen LogP contribution < -0.4 is 19.1 Å². The number of rotatable bonds is 6. The van der Waals surface area contributed by atoms with Crippen LogP contribution >= 0.6 is 0 Å². The molecule has 0 saturated heterocycles. The third-order valence-corrected chi connectivity index (χ3v) is 6.13. The molecule has 1 aliphatic rings. The molecule has 0 bridgehead atoms. The lowest BCUT2D eigenvalue weighted by Gasteiger charge is -2.27. The molecule has 8 heteroatoms. The van der Waals surface area contributed by atoms with Crippen molar-refractivity contribution in [3.63, 3.8) is 0 Å². The minimum atomic E-state index is -3.77. The Kier molecular flexibility index (Phi) is 5.75. The number of methoxy groups -OCH3 is 1. The molecule has 0 aliphatic carbocycles. The summed E-state index contributed by atoms with van der Waals surface area (Å²) in [4.78, 5) is 14.7. The van der Waals surface area contributed by atoms with Crippen molar-refractivity contribution in [2.75, 3.05) is 29.9 Å². The number of carbonyl (C=O) groups excluding carboxylic acids is 1. The molecule has 1 N–H and O–H groups in total. The summed E-state index contributed by atoms with van der Waals surface area (Å²) in [6.45, 7) is 6.47. The van der Waals surface area contributed by atoms with Crippen LogP contribution in [0.1, 0.15) is 27.2 Å². The van der Waals surface area contributed by atoms with E-state index < -0.39 is 15.4 Å². The standard InChI is InChI=1S/C21H26N2O5S/c1-5-12-23-18-11-6-15(13-19(18)28-14-21(2,3)20(23)24)22-29(25,26)17-9-7-16(27-4)8-10-17/h6-11,13,22H,5,12,14H2,1-4H3. The van der Waals surface area contributed by atoms with E-state index in [1.54, 1.807) is 35.2 Å². The molecular formula is C21H26N2O5S. The monoisotopic (exact) mass is 418 g/mol. The van der Waals surface area contributed by atoms with Gasteiger partial charge in [-0.3, -0.25) is 9.52 Å². The lowest BCUT2D eigenvalue weighted by atomic mass is 9.93. The molecule has 2 aromatic rings. The van der Waals surface area contributed by atoms with Crippen LogP contribution in [0.4, 0.5) is 11.4 Å². The van der Waals surface area contributed by atoms with Crippen molar-refractivity contribution in [1.29, 1.82) is 0 Å². The number of fused-ring (bicyclic) bond motifs is 1. The van der Waals surface area contributed by atoms with Crippen LogP contribution in [0.5, 0.6) is 11.5 Å². The number of amides is 1. The maximum atomic E-state index is 12.9. The Morgan fingerprint density at radius 2 is 1.86 bits per heavy atom. The van der Waals surface area contributed by atoms with E-state index in [1.165, 1.54) is 19.2 Å². The van der Waals surface area contributed by atoms with E-state index in [4.69, 9.17) is 9.47 Å². The van der Waals surface area contributed by atoms with Crippen molar-refractivity contribution in [3.8, 4) is 11.5 Å². The lowest BCUT2D eigenvalue weighted by Crippen LogP contribution is -2.42. The van der Waals surface area contributed by atoms with E-state index >= 15 is 0 Å². The molecule has 0 saturated carbocycles. The molecule has 0 aromatic heterocycles. The molecule has 3 rings (SSSR count). The summed E-state index contributed by atoms with van der Waals surface area (Å²) in [6.07, 6.45) is 0.799. The van der Waals surface area contributed by atoms with E-state index in [0.29, 0.717) is 29.4 Å². The molecule has 0 fully saturated rings. The Morgan fingerprint density at radius 1 is 1.17 bits per heavy atom. The lowest BCUT2D eigenvalue weighted by molar-refractivity contribution is -0.127. The van der Waals surface area contributed by atoms with Gasteiger partial charge < -0.3 is 14.4 Å². The molecule has 1 aliphatic heterocycles. The van der Waals surface area contributed by atoms with E-state index in [2.05, 4.69) is 4.72 Å². The normalized spacial score (nSPS) is 15.9. The number of nitrogens with zero attached hydrogens (tertiary/aromatic N) is 1. The molecule has 156 valence electrons. The summed E-state index contributed by atoms with van der Waals surface area (Å²) >= 11 is 0. The van der Waals surface area contributed by atoms with E-state index in [9.17, 15) is 13.2 Å². The zero-order valence-electron chi connectivity index (χ0n) is 17.1. The topological polar surface area (TPSA) is 84.9 Å². The molecule has 1 amide bonds. The average molecular weight is 419 g/mol. The molecule has 1 heterocycles. The van der Waals surface area contributed by atoms with Crippen LogP contribution in [0, 0.1) is 5.41 Å². The first kappa shape index (κ1) is 21.0. The average Bonchev–Trinajstić information content (AvgIpc) is 2.78. The van der Waals surface area contributed by atoms with E-state index in [0.717, 1.165) is 6.42 Å². The number of hydrogen-bond acceptors (Lipinski definition) is 5. The minimum absolute atomic E-state index is 0.00957. The SMILES string of the molecule is CCCN1C(=O)C(C)(C)COc2cc(NS(=O)(=O)c3ccc(OC)cc3)ccc21. The molecule has 0 spiro atoms. The highest BCUT2D eigenvalue weighted by Crippen LogP contribution is 2.38. The van der Waals surface area contributed by atoms with Crippen molar-refractivity contribution in [2.24, 2.45) is 5.41 Å². The second-order valence-electron chi connectivity index (χ2n) is 7.59. The van der Waals surface area contributed by atoms with Gasteiger partial charge in [0.05, 0.1) is 28.8 Å². The van der Waals surface area contributed by atoms with Gasteiger partial charge >= 0.3 is 0 Å². The molecular weight excluding hydrogens is 392 g/mol. The fourth-order valence-corrected chi connectivity index (χ4v) is 4.17. The molecule has 0 radical (unpaired) electrons. The molecule has 0 unspecified atom stereocenters. The van der Waals surface area contributed by atoms with Gasteiger partial charge in [0.2, 0.25) is 5.91 Å². The maximum Gasteiger partial charge on any atom is 0.261 e. The number of sulfonamides is 1. The Morgan fingerprint density at radius 3 is 2.48 bits per heavy atom. The highest BCUT2D eigenvalue weighted by molar-refractivity contribution is 7.92. The Balaban J connectivity index is 1.92. The van der Waals surface area contributed by atoms with Crippen molar-refractivity contribution < 1.29 is 22.7 Å². The summed E-state index contributed by atoms with van der Waals surface area (Å²) < 4.78 is 38.9. The number of carbonyl (C=O) groups is 1. The molecule has 29 heavy (non-hydrogen) atoms. The highest BCUT2D eigenvalue weighted by Gasteiger charge is 2.37. The van der Waals surface area contributed by atoms with Crippen molar-refractivity contribution >= 4 is 27.3 Å². The Hall–Kier alpha value is -2.74. The summed E-state index contributed by atoms with van der Waals surface area (Å²) in [6, 6.07) is 11.1. The van der Waals surface area contributed by atoms with E-state index in [1.807, 2.05) is 20.8 Å². The van der Waals surface area contributed by atoms with Crippen molar-refractivity contribution in [3.05, 3.63) is 42.5 Å². The second kappa shape index (κ2) is 7.94. The van der Waals surface area contributed by atoms with Crippen molar-refractivity contribution in [2.45, 2.75) is 32.1 Å². The van der Waals surface area contributed by atoms with Crippen LogP contribution in [-0.4, -0.2) is 34.6 Å². The zero-order valence-corrected chi connectivity index (χ0v) is 17.9. The van der Waals surface area contributed by atoms with Gasteiger partial charge in [0, 0.05) is 12.6 Å². The van der Waals surface area contributed by atoms with Gasteiger partial charge in [-0.15, -0.1) is 0 Å². The number of hydrogen-bond donors (Lipinski definition) is 1. The number of nitrogens with one attached hydrogen (secondary N) is 1. The Labute approximate surface area is 171 Å². The largest absolute Gasteiger partial charge is 0.497 e. The molecule has 2 aromatic carbocycles. The first-order valence-electron chi connectivity index (χ1n) is 9.43. The Bertz CT molecular complexity index is 1000. The van der Waals surface area contributed by atoms with Gasteiger partial charge in [-0.2, -0.15) is 0 Å². The summed E-state index contributed by atoms with van der Waals surface area (Å²) in [5, 5.41) is 0. The molecule has 0 atom stereocenters. The van der Waals surface area contributed by atoms with Gasteiger partial charge in [-0.05, 0) is 56.7 Å². The van der Waals surface area contributed by atoms with Gasteiger partial charge in [0.1, 0.15) is 18.1 Å². The van der Waals surface area contributed by atoms with Crippen LogP contribution in [-0.2, 0) is 14.8 Å². The van der Waals surface area contributed by atoms with Crippen LogP contribution in [0.25, 0.3) is 0 Å². The third kappa shape index (κ3) is 4.32. The fraction of sp³-hybridized carbons (Fsp3) is 0.381. The van der Waals surface area contributed by atoms with Gasteiger partial charge in [0.25, 0.3) is 10.0 Å². The number of ether oxygens (including phenoxy) is 2. The first-order chi connectivity index (χ1) is 13.7. The summed E-state index contributed by atoms with van der Waals surface area (Å²) in [5.41, 5.74) is 0.342. The number of anilines is 2. The smallest absolute Gasteiger partial charge is 0.261 e. The van der Waals surface area contributed by atoms with Crippen LogP contribution in [0.2, 0.25) is 0 Å². The maximum absolute atomic E-state index is 12.9. The second-order valence-corrected chi connectivity index (χ2v) is 9.28. The van der Waals surface area contributed by atoms with Gasteiger partial charge in [0.15, 0.2) is 0 Å². The predicted molar refractivity (Wildman–Crippen MR) is 112 cm³/mol. The third-order valence-electron chi connectivity index (χ3n) is 4.73. The highest BCUT2D eigenvalue weighted by atomic mass is 32.2. The van der Waals surface area contributed by atoms with Crippen LogP contribution in [0.15, 0.2) is 47.4 Å². The molecule has 7 nitrogen and oxygen atoms in total. The zero-order chi connectivity index (χ0) is 21.2. The summed E-state index contributed by atoms with van der Waals surface area (Å²) in [5.74, 6) is 1.04. The predicted octanol–water partition coefficient (Wildman–Crippen LogP) is 3.66. The fourth-order valence-electron chi connectivity index (χ4n) is 3.13. The van der Waals surface area contributed by atoms with Crippen molar-refractivity contribution in [1.82, 2.24) is 0 Å².